The van der Waals surface area contributed by atoms with Gasteiger partial charge in [0, 0.05) is 35.1 Å². The van der Waals surface area contributed by atoms with Crippen LogP contribution >= 0.6 is 11.3 Å². The molecule has 0 unspecified atom stereocenters. The first-order chi connectivity index (χ1) is 11.2. The van der Waals surface area contributed by atoms with Gasteiger partial charge in [-0.1, -0.05) is 5.92 Å². The maximum Gasteiger partial charge on any atom is 0.345 e. The fourth-order valence-electron chi connectivity index (χ4n) is 2.62. The summed E-state index contributed by atoms with van der Waals surface area (Å²) in [5.74, 6) is 2.59. The van der Waals surface area contributed by atoms with E-state index in [1.54, 1.807) is 0 Å². The summed E-state index contributed by atoms with van der Waals surface area (Å²) in [6.07, 6.45) is 5.40. The van der Waals surface area contributed by atoms with Crippen molar-refractivity contribution in [1.29, 1.82) is 0 Å². The molecule has 3 rings (SSSR count). The summed E-state index contributed by atoms with van der Waals surface area (Å²) in [6.45, 7) is 6.03. The molecule has 0 N–H and O–H groups in total. The third-order valence-corrected chi connectivity index (χ3v) is 4.91. The Kier molecular flexibility index (Phi) is 4.22. The molecular weight excluding hydrogens is 306 g/mol. The number of nitrogens with zero attached hydrogens (tertiary/aromatic N) is 1. The van der Waals surface area contributed by atoms with Crippen LogP contribution in [0.15, 0.2) is 45.6 Å². The normalized spacial score (nSPS) is 10.7. The quantitative estimate of drug-likeness (QED) is 0.529. The van der Waals surface area contributed by atoms with E-state index in [2.05, 4.69) is 30.7 Å². The summed E-state index contributed by atoms with van der Waals surface area (Å²) in [6, 6.07) is 11.6. The molecule has 0 spiro atoms. The van der Waals surface area contributed by atoms with Crippen LogP contribution in [-0.4, -0.2) is 13.1 Å². The van der Waals surface area contributed by atoms with Gasteiger partial charge in [0.15, 0.2) is 0 Å². The highest BCUT2D eigenvalue weighted by Gasteiger charge is 2.11. The second-order valence-electron chi connectivity index (χ2n) is 5.15. The first-order valence-electron chi connectivity index (χ1n) is 7.56. The highest BCUT2D eigenvalue weighted by atomic mass is 32.1. The fourth-order valence-corrected chi connectivity index (χ4v) is 3.44. The third kappa shape index (κ3) is 2.88. The van der Waals surface area contributed by atoms with E-state index in [0.29, 0.717) is 11.1 Å². The van der Waals surface area contributed by atoms with Gasteiger partial charge in [-0.3, -0.25) is 0 Å². The zero-order valence-corrected chi connectivity index (χ0v) is 13.9. The van der Waals surface area contributed by atoms with Crippen molar-refractivity contribution in [2.24, 2.45) is 0 Å². The van der Waals surface area contributed by atoms with Crippen LogP contribution in [0.3, 0.4) is 0 Å². The molecule has 23 heavy (non-hydrogen) atoms. The Hall–Kier alpha value is -2.51. The van der Waals surface area contributed by atoms with E-state index >= 15 is 0 Å². The lowest BCUT2D eigenvalue weighted by molar-refractivity contribution is 0.563. The molecular formula is C19H17NO2S. The molecule has 0 aliphatic heterocycles. The summed E-state index contributed by atoms with van der Waals surface area (Å²) in [5, 5.41) is 0.908. The first-order valence-corrected chi connectivity index (χ1v) is 8.37. The van der Waals surface area contributed by atoms with Gasteiger partial charge in [-0.2, -0.15) is 0 Å². The minimum absolute atomic E-state index is 0.334. The predicted octanol–water partition coefficient (Wildman–Crippen LogP) is 4.35. The summed E-state index contributed by atoms with van der Waals surface area (Å²) in [4.78, 5) is 16.2. The summed E-state index contributed by atoms with van der Waals surface area (Å²) < 4.78 is 5.54. The summed E-state index contributed by atoms with van der Waals surface area (Å²) >= 11 is 1.42. The molecule has 0 saturated carbocycles. The van der Waals surface area contributed by atoms with E-state index in [1.165, 1.54) is 11.3 Å². The van der Waals surface area contributed by atoms with E-state index in [1.807, 2.05) is 30.3 Å². The van der Waals surface area contributed by atoms with Crippen molar-refractivity contribution in [3.63, 3.8) is 0 Å². The number of thiophene rings is 1. The Bertz CT molecular complexity index is 942. The maximum absolute atomic E-state index is 12.3. The standard InChI is InChI=1S/C19H17NO2S/c1-4-15-9-10-18(23-15)16-11-13-7-8-14(20(5-2)6-3)12-17(13)22-19(16)21/h1,7-12H,5-6H2,2-3H3. The molecule has 116 valence electrons. The van der Waals surface area contributed by atoms with Gasteiger partial charge in [0.1, 0.15) is 5.58 Å². The maximum atomic E-state index is 12.3. The molecule has 3 nitrogen and oxygen atoms in total. The summed E-state index contributed by atoms with van der Waals surface area (Å²) in [5.41, 5.74) is 1.89. The average Bonchev–Trinajstić information content (AvgIpc) is 3.04. The molecule has 0 saturated heterocycles. The number of fused-ring (bicyclic) bond motifs is 1. The minimum atomic E-state index is -0.334. The van der Waals surface area contributed by atoms with Gasteiger partial charge in [0.05, 0.1) is 10.4 Å². The zero-order valence-electron chi connectivity index (χ0n) is 13.1. The molecule has 1 aromatic carbocycles. The van der Waals surface area contributed by atoms with Gasteiger partial charge < -0.3 is 9.32 Å². The van der Waals surface area contributed by atoms with Crippen LogP contribution in [0.4, 0.5) is 5.69 Å². The molecule has 0 aliphatic carbocycles. The van der Waals surface area contributed by atoms with Crippen molar-refractivity contribution in [3.8, 4) is 22.8 Å². The third-order valence-electron chi connectivity index (χ3n) is 3.86. The Balaban J connectivity index is 2.11. The van der Waals surface area contributed by atoms with Crippen molar-refractivity contribution in [2.75, 3.05) is 18.0 Å². The zero-order chi connectivity index (χ0) is 16.4. The lowest BCUT2D eigenvalue weighted by atomic mass is 10.1. The number of benzene rings is 1. The number of rotatable bonds is 4. The van der Waals surface area contributed by atoms with E-state index in [4.69, 9.17) is 10.8 Å². The van der Waals surface area contributed by atoms with Crippen LogP contribution < -0.4 is 10.5 Å². The van der Waals surface area contributed by atoms with E-state index in [0.717, 1.165) is 33.9 Å². The molecule has 0 fully saturated rings. The molecule has 4 heteroatoms. The SMILES string of the molecule is C#Cc1ccc(-c2cc3ccc(N(CC)CC)cc3oc2=O)s1. The monoisotopic (exact) mass is 323 g/mol. The molecule has 2 heterocycles. The second-order valence-corrected chi connectivity index (χ2v) is 6.23. The van der Waals surface area contributed by atoms with Crippen LogP contribution in [0.25, 0.3) is 21.4 Å². The topological polar surface area (TPSA) is 33.5 Å². The van der Waals surface area contributed by atoms with Gasteiger partial charge in [0.25, 0.3) is 0 Å². The molecule has 0 bridgehead atoms. The van der Waals surface area contributed by atoms with Crippen molar-refractivity contribution in [1.82, 2.24) is 0 Å². The van der Waals surface area contributed by atoms with Gasteiger partial charge in [0.2, 0.25) is 0 Å². The highest BCUT2D eigenvalue weighted by molar-refractivity contribution is 7.16. The van der Waals surface area contributed by atoms with Gasteiger partial charge >= 0.3 is 5.63 Å². The lowest BCUT2D eigenvalue weighted by Crippen LogP contribution is -2.21. The molecule has 3 aromatic rings. The molecule has 2 aromatic heterocycles. The number of hydrogen-bond donors (Lipinski definition) is 0. The van der Waals surface area contributed by atoms with Gasteiger partial charge in [-0.25, -0.2) is 4.79 Å². The molecule has 0 aliphatic rings. The minimum Gasteiger partial charge on any atom is -0.422 e. The Morgan fingerprint density at radius 2 is 1.96 bits per heavy atom. The highest BCUT2D eigenvalue weighted by Crippen LogP contribution is 2.29. The lowest BCUT2D eigenvalue weighted by Gasteiger charge is -2.20. The Morgan fingerprint density at radius 1 is 1.17 bits per heavy atom. The Morgan fingerprint density at radius 3 is 2.61 bits per heavy atom. The predicted molar refractivity (Wildman–Crippen MR) is 97.3 cm³/mol. The molecule has 0 radical (unpaired) electrons. The molecule has 0 amide bonds. The van der Waals surface area contributed by atoms with Crippen LogP contribution in [0.1, 0.15) is 18.7 Å². The van der Waals surface area contributed by atoms with Crippen molar-refractivity contribution in [3.05, 3.63) is 51.7 Å². The van der Waals surface area contributed by atoms with Crippen molar-refractivity contribution in [2.45, 2.75) is 13.8 Å². The van der Waals surface area contributed by atoms with Crippen LogP contribution in [0, 0.1) is 12.3 Å². The van der Waals surface area contributed by atoms with Gasteiger partial charge in [-0.15, -0.1) is 17.8 Å². The van der Waals surface area contributed by atoms with Crippen LogP contribution in [-0.2, 0) is 0 Å². The number of hydrogen-bond acceptors (Lipinski definition) is 4. The van der Waals surface area contributed by atoms with E-state index in [-0.39, 0.29) is 5.63 Å². The average molecular weight is 323 g/mol. The van der Waals surface area contributed by atoms with Gasteiger partial charge in [-0.05, 0) is 44.2 Å². The van der Waals surface area contributed by atoms with Crippen LogP contribution in [0.2, 0.25) is 0 Å². The first kappa shape index (κ1) is 15.4. The van der Waals surface area contributed by atoms with E-state index < -0.39 is 0 Å². The number of terminal acetylenes is 1. The molecule has 0 atom stereocenters. The number of anilines is 1. The summed E-state index contributed by atoms with van der Waals surface area (Å²) in [7, 11) is 0. The Labute approximate surface area is 139 Å². The second kappa shape index (κ2) is 6.31. The smallest absolute Gasteiger partial charge is 0.345 e. The van der Waals surface area contributed by atoms with Crippen molar-refractivity contribution < 1.29 is 4.42 Å². The van der Waals surface area contributed by atoms with Crippen molar-refractivity contribution >= 4 is 28.0 Å². The largest absolute Gasteiger partial charge is 0.422 e. The van der Waals surface area contributed by atoms with E-state index in [9.17, 15) is 4.79 Å². The fraction of sp³-hybridized carbons (Fsp3) is 0.211. The van der Waals surface area contributed by atoms with Crippen LogP contribution in [0.5, 0.6) is 0 Å².